The molecular weight excluding hydrogens is 244 g/mol. The molecule has 0 spiro atoms. The second-order valence-corrected chi connectivity index (χ2v) is 6.08. The van der Waals surface area contributed by atoms with Gasteiger partial charge in [-0.1, -0.05) is 0 Å². The lowest BCUT2D eigenvalue weighted by atomic mass is 9.93. The monoisotopic (exact) mass is 270 g/mol. The first-order valence-corrected chi connectivity index (χ1v) is 7.12. The second kappa shape index (κ2) is 7.48. The summed E-state index contributed by atoms with van der Waals surface area (Å²) in [5, 5.41) is 14.9. The minimum Gasteiger partial charge on any atom is -0.481 e. The highest BCUT2D eigenvalue weighted by molar-refractivity contribution is 5.76. The number of amides is 1. The zero-order valence-corrected chi connectivity index (χ0v) is 12.0. The maximum atomic E-state index is 11.9. The van der Waals surface area contributed by atoms with Crippen molar-refractivity contribution in [2.75, 3.05) is 13.1 Å². The Morgan fingerprint density at radius 1 is 1.37 bits per heavy atom. The highest BCUT2D eigenvalue weighted by Crippen LogP contribution is 2.17. The Labute approximate surface area is 115 Å². The number of hydrogen-bond acceptors (Lipinski definition) is 3. The maximum absolute atomic E-state index is 11.9. The Hall–Kier alpha value is -1.10. The van der Waals surface area contributed by atoms with Gasteiger partial charge in [0.05, 0.1) is 0 Å². The molecule has 0 bridgehead atoms. The molecule has 1 unspecified atom stereocenters. The van der Waals surface area contributed by atoms with Gasteiger partial charge in [0.15, 0.2) is 0 Å². The predicted molar refractivity (Wildman–Crippen MR) is 73.9 cm³/mol. The third-order valence-electron chi connectivity index (χ3n) is 3.62. The maximum Gasteiger partial charge on any atom is 0.303 e. The van der Waals surface area contributed by atoms with Gasteiger partial charge in [0.1, 0.15) is 0 Å². The van der Waals surface area contributed by atoms with Crippen LogP contribution in [0.4, 0.5) is 0 Å². The van der Waals surface area contributed by atoms with Crippen LogP contribution in [0.1, 0.15) is 52.4 Å². The van der Waals surface area contributed by atoms with E-state index in [9.17, 15) is 9.59 Å². The van der Waals surface area contributed by atoms with E-state index in [0.29, 0.717) is 18.8 Å². The van der Waals surface area contributed by atoms with Gasteiger partial charge in [-0.05, 0) is 58.5 Å². The van der Waals surface area contributed by atoms with E-state index in [1.165, 1.54) is 12.8 Å². The number of carbonyl (C=O) groups excluding carboxylic acids is 1. The Balaban J connectivity index is 2.23. The molecule has 0 aromatic rings. The van der Waals surface area contributed by atoms with Crippen molar-refractivity contribution in [2.45, 2.75) is 57.9 Å². The summed E-state index contributed by atoms with van der Waals surface area (Å²) < 4.78 is 0. The highest BCUT2D eigenvalue weighted by atomic mass is 16.4. The molecule has 1 heterocycles. The first kappa shape index (κ1) is 16.0. The average Bonchev–Trinajstić information content (AvgIpc) is 2.35. The lowest BCUT2D eigenvalue weighted by Gasteiger charge is -2.27. The molecule has 1 atom stereocenters. The van der Waals surface area contributed by atoms with Crippen LogP contribution in [0.5, 0.6) is 0 Å². The number of rotatable bonds is 7. The van der Waals surface area contributed by atoms with Gasteiger partial charge in [0.2, 0.25) is 5.91 Å². The van der Waals surface area contributed by atoms with Gasteiger partial charge in [-0.2, -0.15) is 0 Å². The Morgan fingerprint density at radius 2 is 2.11 bits per heavy atom. The number of carbonyl (C=O) groups is 2. The average molecular weight is 270 g/mol. The van der Waals surface area contributed by atoms with Crippen LogP contribution in [0.3, 0.4) is 0 Å². The molecular formula is C14H26N2O3. The summed E-state index contributed by atoms with van der Waals surface area (Å²) in [6.45, 7) is 5.84. The Kier molecular flexibility index (Phi) is 6.28. The number of aliphatic carboxylic acids is 1. The number of nitrogens with one attached hydrogen (secondary N) is 2. The molecule has 110 valence electrons. The van der Waals surface area contributed by atoms with E-state index >= 15 is 0 Å². The Bertz CT molecular complexity index is 310. The van der Waals surface area contributed by atoms with Crippen molar-refractivity contribution in [3.63, 3.8) is 0 Å². The molecule has 0 radical (unpaired) electrons. The van der Waals surface area contributed by atoms with E-state index in [0.717, 1.165) is 19.5 Å². The van der Waals surface area contributed by atoms with Gasteiger partial charge in [0.25, 0.3) is 0 Å². The van der Waals surface area contributed by atoms with Crippen molar-refractivity contribution >= 4 is 11.9 Å². The number of carboxylic acids is 1. The minimum absolute atomic E-state index is 0.0287. The van der Waals surface area contributed by atoms with Crippen LogP contribution in [0.25, 0.3) is 0 Å². The van der Waals surface area contributed by atoms with E-state index in [1.54, 1.807) is 0 Å². The SMILES string of the molecule is CC(C)(CCC(=O)O)NC(=O)CCC1CCCNC1. The topological polar surface area (TPSA) is 78.4 Å². The van der Waals surface area contributed by atoms with E-state index in [-0.39, 0.29) is 12.3 Å². The standard InChI is InChI=1S/C14H26N2O3/c1-14(2,8-7-13(18)19)16-12(17)6-5-11-4-3-9-15-10-11/h11,15H,3-10H2,1-2H3,(H,16,17)(H,18,19). The first-order chi connectivity index (χ1) is 8.89. The van der Waals surface area contributed by atoms with Gasteiger partial charge in [-0.3, -0.25) is 9.59 Å². The van der Waals surface area contributed by atoms with Crippen molar-refractivity contribution in [1.82, 2.24) is 10.6 Å². The van der Waals surface area contributed by atoms with Crippen molar-refractivity contribution in [2.24, 2.45) is 5.92 Å². The molecule has 0 aromatic heterocycles. The van der Waals surface area contributed by atoms with Crippen molar-refractivity contribution in [3.8, 4) is 0 Å². The molecule has 1 aliphatic rings. The lowest BCUT2D eigenvalue weighted by Crippen LogP contribution is -2.44. The molecule has 19 heavy (non-hydrogen) atoms. The molecule has 5 nitrogen and oxygen atoms in total. The summed E-state index contributed by atoms with van der Waals surface area (Å²) in [6.07, 6.45) is 4.37. The van der Waals surface area contributed by atoms with E-state index in [4.69, 9.17) is 5.11 Å². The third kappa shape index (κ3) is 7.15. The van der Waals surface area contributed by atoms with E-state index < -0.39 is 11.5 Å². The number of piperidine rings is 1. The molecule has 0 saturated carbocycles. The Morgan fingerprint density at radius 3 is 2.68 bits per heavy atom. The largest absolute Gasteiger partial charge is 0.481 e. The number of carboxylic acid groups (broad SMARTS) is 1. The summed E-state index contributed by atoms with van der Waals surface area (Å²) in [6, 6.07) is 0. The van der Waals surface area contributed by atoms with Gasteiger partial charge in [-0.15, -0.1) is 0 Å². The summed E-state index contributed by atoms with van der Waals surface area (Å²) in [5.41, 5.74) is -0.444. The fourth-order valence-corrected chi connectivity index (χ4v) is 2.43. The molecule has 1 rings (SSSR count). The van der Waals surface area contributed by atoms with Crippen molar-refractivity contribution in [3.05, 3.63) is 0 Å². The van der Waals surface area contributed by atoms with E-state index in [1.807, 2.05) is 13.8 Å². The van der Waals surface area contributed by atoms with Gasteiger partial charge >= 0.3 is 5.97 Å². The predicted octanol–water partition coefficient (Wildman–Crippen LogP) is 1.53. The first-order valence-electron chi connectivity index (χ1n) is 7.12. The fraction of sp³-hybridized carbons (Fsp3) is 0.857. The molecule has 1 fully saturated rings. The van der Waals surface area contributed by atoms with Crippen LogP contribution >= 0.6 is 0 Å². The van der Waals surface area contributed by atoms with Crippen LogP contribution in [0, 0.1) is 5.92 Å². The van der Waals surface area contributed by atoms with Gasteiger partial charge in [-0.25, -0.2) is 0 Å². The molecule has 0 aromatic carbocycles. The summed E-state index contributed by atoms with van der Waals surface area (Å²) >= 11 is 0. The quantitative estimate of drug-likeness (QED) is 0.655. The summed E-state index contributed by atoms with van der Waals surface area (Å²) in [5.74, 6) is -0.196. The van der Waals surface area contributed by atoms with Crippen LogP contribution in [-0.2, 0) is 9.59 Å². The molecule has 0 aliphatic carbocycles. The molecule has 1 saturated heterocycles. The van der Waals surface area contributed by atoms with Crippen LogP contribution in [-0.4, -0.2) is 35.6 Å². The highest BCUT2D eigenvalue weighted by Gasteiger charge is 2.22. The van der Waals surface area contributed by atoms with Crippen LogP contribution in [0.2, 0.25) is 0 Å². The molecule has 3 N–H and O–H groups in total. The van der Waals surface area contributed by atoms with Gasteiger partial charge < -0.3 is 15.7 Å². The second-order valence-electron chi connectivity index (χ2n) is 6.08. The van der Waals surface area contributed by atoms with Crippen LogP contribution < -0.4 is 10.6 Å². The zero-order chi connectivity index (χ0) is 14.3. The minimum atomic E-state index is -0.824. The lowest BCUT2D eigenvalue weighted by molar-refractivity contribution is -0.137. The molecule has 1 aliphatic heterocycles. The summed E-state index contributed by atoms with van der Waals surface area (Å²) in [7, 11) is 0. The van der Waals surface area contributed by atoms with Crippen LogP contribution in [0.15, 0.2) is 0 Å². The molecule has 1 amide bonds. The zero-order valence-electron chi connectivity index (χ0n) is 12.0. The molecule has 5 heteroatoms. The van der Waals surface area contributed by atoms with Gasteiger partial charge in [0, 0.05) is 18.4 Å². The van der Waals surface area contributed by atoms with E-state index in [2.05, 4.69) is 10.6 Å². The number of hydrogen-bond donors (Lipinski definition) is 3. The summed E-state index contributed by atoms with van der Waals surface area (Å²) in [4.78, 5) is 22.4. The normalized spacial score (nSPS) is 20.0. The fourth-order valence-electron chi connectivity index (χ4n) is 2.43. The smallest absolute Gasteiger partial charge is 0.303 e. The van der Waals surface area contributed by atoms with Crippen molar-refractivity contribution < 1.29 is 14.7 Å². The van der Waals surface area contributed by atoms with Crippen molar-refractivity contribution in [1.29, 1.82) is 0 Å². The third-order valence-corrected chi connectivity index (χ3v) is 3.62.